The molecule has 2 aromatic heterocycles. The third-order valence-corrected chi connectivity index (χ3v) is 3.91. The van der Waals surface area contributed by atoms with Gasteiger partial charge in [0.1, 0.15) is 11.6 Å². The Morgan fingerprint density at radius 3 is 2.93 bits per heavy atom. The van der Waals surface area contributed by atoms with Crippen LogP contribution < -0.4 is 25.4 Å². The Balaban J connectivity index is 1.26. The Morgan fingerprint density at radius 1 is 1.18 bits per heavy atom. The van der Waals surface area contributed by atoms with Gasteiger partial charge in [0.15, 0.2) is 17.3 Å². The number of fused-ring (bicyclic) bond motifs is 1. The van der Waals surface area contributed by atoms with Gasteiger partial charge in [0.25, 0.3) is 0 Å². The molecule has 3 heterocycles. The van der Waals surface area contributed by atoms with Gasteiger partial charge in [-0.2, -0.15) is 5.10 Å². The van der Waals surface area contributed by atoms with Gasteiger partial charge in [-0.3, -0.25) is 0 Å². The number of carbonyl (C=O) groups is 1. The Morgan fingerprint density at radius 2 is 2.07 bits per heavy atom. The summed E-state index contributed by atoms with van der Waals surface area (Å²) in [7, 11) is 0. The summed E-state index contributed by atoms with van der Waals surface area (Å²) in [4.78, 5) is 20.7. The zero-order chi connectivity index (χ0) is 19.3. The van der Waals surface area contributed by atoms with Crippen molar-refractivity contribution in [3.63, 3.8) is 0 Å². The number of anilines is 2. The van der Waals surface area contributed by atoms with Gasteiger partial charge in [-0.25, -0.2) is 19.4 Å². The molecular formula is C18H19N7O3. The first-order valence-corrected chi connectivity index (χ1v) is 8.71. The minimum atomic E-state index is -0.309. The molecule has 144 valence electrons. The molecule has 3 aromatic rings. The van der Waals surface area contributed by atoms with E-state index >= 15 is 0 Å². The van der Waals surface area contributed by atoms with E-state index in [0.717, 1.165) is 0 Å². The summed E-state index contributed by atoms with van der Waals surface area (Å²) in [5.74, 6) is 3.25. The molecule has 1 aliphatic heterocycles. The van der Waals surface area contributed by atoms with Gasteiger partial charge < -0.3 is 25.4 Å². The van der Waals surface area contributed by atoms with Crippen molar-refractivity contribution in [1.29, 1.82) is 0 Å². The van der Waals surface area contributed by atoms with Crippen molar-refractivity contribution in [2.24, 2.45) is 0 Å². The number of nitrogens with zero attached hydrogens (tertiary/aromatic N) is 4. The van der Waals surface area contributed by atoms with E-state index in [2.05, 4.69) is 31.0 Å². The molecule has 0 saturated carbocycles. The fraction of sp³-hybridized carbons (Fsp3) is 0.222. The van der Waals surface area contributed by atoms with Gasteiger partial charge in [0.2, 0.25) is 6.79 Å². The quantitative estimate of drug-likeness (QED) is 0.559. The SMILES string of the molecule is Cc1nc(NCCNC(=O)Nc2ccc3c(c2)OCO3)cc(-n2cccn2)n1. The van der Waals surface area contributed by atoms with Crippen molar-refractivity contribution >= 4 is 17.5 Å². The third kappa shape index (κ3) is 4.11. The van der Waals surface area contributed by atoms with Crippen LogP contribution in [0.5, 0.6) is 11.5 Å². The molecule has 0 saturated heterocycles. The number of benzene rings is 1. The maximum atomic E-state index is 12.0. The van der Waals surface area contributed by atoms with Crippen molar-refractivity contribution < 1.29 is 14.3 Å². The summed E-state index contributed by atoms with van der Waals surface area (Å²) in [5, 5.41) is 12.9. The van der Waals surface area contributed by atoms with E-state index in [9.17, 15) is 4.79 Å². The second-order valence-electron chi connectivity index (χ2n) is 5.98. The monoisotopic (exact) mass is 381 g/mol. The maximum absolute atomic E-state index is 12.0. The van der Waals surface area contributed by atoms with Crippen molar-refractivity contribution in [3.05, 3.63) is 48.5 Å². The predicted octanol–water partition coefficient (Wildman–Crippen LogP) is 1.93. The number of aromatic nitrogens is 4. The molecule has 0 fully saturated rings. The van der Waals surface area contributed by atoms with Crippen molar-refractivity contribution in [2.75, 3.05) is 30.5 Å². The molecular weight excluding hydrogens is 362 g/mol. The van der Waals surface area contributed by atoms with Crippen LogP contribution in [-0.2, 0) is 0 Å². The lowest BCUT2D eigenvalue weighted by molar-refractivity contribution is 0.174. The topological polar surface area (TPSA) is 115 Å². The number of urea groups is 1. The van der Waals surface area contributed by atoms with E-state index in [0.29, 0.717) is 47.7 Å². The smallest absolute Gasteiger partial charge is 0.319 e. The Hall–Kier alpha value is -3.82. The summed E-state index contributed by atoms with van der Waals surface area (Å²) in [5.41, 5.74) is 0.630. The van der Waals surface area contributed by atoms with E-state index < -0.39 is 0 Å². The van der Waals surface area contributed by atoms with E-state index in [1.54, 1.807) is 35.1 Å². The first-order valence-electron chi connectivity index (χ1n) is 8.71. The molecule has 0 bridgehead atoms. The molecule has 0 unspecified atom stereocenters. The minimum Gasteiger partial charge on any atom is -0.454 e. The largest absolute Gasteiger partial charge is 0.454 e. The van der Waals surface area contributed by atoms with Gasteiger partial charge in [0, 0.05) is 43.3 Å². The lowest BCUT2D eigenvalue weighted by Gasteiger charge is -2.10. The van der Waals surface area contributed by atoms with Crippen LogP contribution in [0.1, 0.15) is 5.82 Å². The van der Waals surface area contributed by atoms with Gasteiger partial charge in [-0.05, 0) is 25.1 Å². The molecule has 0 atom stereocenters. The molecule has 28 heavy (non-hydrogen) atoms. The van der Waals surface area contributed by atoms with Crippen LogP contribution in [0.25, 0.3) is 5.82 Å². The Bertz CT molecular complexity index is 975. The van der Waals surface area contributed by atoms with E-state index in [4.69, 9.17) is 9.47 Å². The zero-order valence-electron chi connectivity index (χ0n) is 15.2. The molecule has 10 heteroatoms. The standard InChI is InChI=1S/C18H19N7O3/c1-12-22-16(10-17(23-12)25-8-2-5-21-25)19-6-7-20-18(26)24-13-3-4-14-15(9-13)28-11-27-14/h2-5,8-10H,6-7,11H2,1H3,(H,19,22,23)(H2,20,24,26). The number of amides is 2. The van der Waals surface area contributed by atoms with Crippen molar-refractivity contribution in [1.82, 2.24) is 25.1 Å². The lowest BCUT2D eigenvalue weighted by Crippen LogP contribution is -2.32. The maximum Gasteiger partial charge on any atom is 0.319 e. The fourth-order valence-corrected chi connectivity index (χ4v) is 2.68. The minimum absolute atomic E-state index is 0.196. The predicted molar refractivity (Wildman–Crippen MR) is 102 cm³/mol. The van der Waals surface area contributed by atoms with Crippen LogP contribution in [0, 0.1) is 6.92 Å². The van der Waals surface area contributed by atoms with Gasteiger partial charge >= 0.3 is 6.03 Å². The summed E-state index contributed by atoms with van der Waals surface area (Å²) in [6.07, 6.45) is 3.50. The van der Waals surface area contributed by atoms with E-state index in [-0.39, 0.29) is 12.8 Å². The molecule has 3 N–H and O–H groups in total. The zero-order valence-corrected chi connectivity index (χ0v) is 15.2. The van der Waals surface area contributed by atoms with Gasteiger partial charge in [0.05, 0.1) is 0 Å². The molecule has 0 aliphatic carbocycles. The lowest BCUT2D eigenvalue weighted by atomic mass is 10.3. The number of hydrogen-bond acceptors (Lipinski definition) is 7. The van der Waals surface area contributed by atoms with Crippen LogP contribution in [0.3, 0.4) is 0 Å². The molecule has 0 spiro atoms. The van der Waals surface area contributed by atoms with Gasteiger partial charge in [-0.1, -0.05) is 0 Å². The molecule has 4 rings (SSSR count). The third-order valence-electron chi connectivity index (χ3n) is 3.91. The molecule has 2 amide bonds. The molecule has 0 radical (unpaired) electrons. The Labute approximate surface area is 160 Å². The Kier molecular flexibility index (Phi) is 4.91. The number of hydrogen-bond donors (Lipinski definition) is 3. The summed E-state index contributed by atoms with van der Waals surface area (Å²) < 4.78 is 12.2. The highest BCUT2D eigenvalue weighted by Gasteiger charge is 2.14. The molecule has 10 nitrogen and oxygen atoms in total. The van der Waals surface area contributed by atoms with E-state index in [1.165, 1.54) is 0 Å². The number of rotatable bonds is 6. The van der Waals surface area contributed by atoms with Crippen LogP contribution in [0.2, 0.25) is 0 Å². The highest BCUT2D eigenvalue weighted by Crippen LogP contribution is 2.34. The normalized spacial score (nSPS) is 11.9. The van der Waals surface area contributed by atoms with Crippen LogP contribution in [-0.4, -0.2) is 45.7 Å². The van der Waals surface area contributed by atoms with Crippen molar-refractivity contribution in [2.45, 2.75) is 6.92 Å². The summed E-state index contributed by atoms with van der Waals surface area (Å²) >= 11 is 0. The highest BCUT2D eigenvalue weighted by atomic mass is 16.7. The van der Waals surface area contributed by atoms with Crippen molar-refractivity contribution in [3.8, 4) is 17.3 Å². The van der Waals surface area contributed by atoms with E-state index in [1.807, 2.05) is 19.2 Å². The van der Waals surface area contributed by atoms with Gasteiger partial charge in [-0.15, -0.1) is 0 Å². The second-order valence-corrected chi connectivity index (χ2v) is 5.98. The first-order chi connectivity index (χ1) is 13.7. The van der Waals surface area contributed by atoms with Crippen LogP contribution in [0.4, 0.5) is 16.3 Å². The number of ether oxygens (including phenoxy) is 2. The number of aryl methyl sites for hydroxylation is 1. The fourth-order valence-electron chi connectivity index (χ4n) is 2.68. The highest BCUT2D eigenvalue weighted by molar-refractivity contribution is 5.89. The number of carbonyl (C=O) groups excluding carboxylic acids is 1. The summed E-state index contributed by atoms with van der Waals surface area (Å²) in [6.45, 7) is 2.93. The second kappa shape index (κ2) is 7.82. The average Bonchev–Trinajstić information content (AvgIpc) is 3.36. The van der Waals surface area contributed by atoms with Crippen LogP contribution >= 0.6 is 0 Å². The summed E-state index contributed by atoms with van der Waals surface area (Å²) in [6, 6.07) is 8.55. The average molecular weight is 381 g/mol. The molecule has 1 aliphatic rings. The molecule has 1 aromatic carbocycles. The number of nitrogens with one attached hydrogen (secondary N) is 3. The first kappa shape index (κ1) is 17.6. The van der Waals surface area contributed by atoms with Crippen LogP contribution in [0.15, 0.2) is 42.7 Å².